The average Bonchev–Trinajstić information content (AvgIpc) is 3.08. The highest BCUT2D eigenvalue weighted by molar-refractivity contribution is 5.73. The van der Waals surface area contributed by atoms with Crippen molar-refractivity contribution in [1.29, 1.82) is 0 Å². The van der Waals surface area contributed by atoms with Crippen molar-refractivity contribution in [2.45, 2.75) is 198 Å². The summed E-state index contributed by atoms with van der Waals surface area (Å²) >= 11 is 0. The minimum atomic E-state index is -1.81. The van der Waals surface area contributed by atoms with Crippen LogP contribution in [0.1, 0.15) is 108 Å². The smallest absolute Gasteiger partial charge is 0.311 e. The summed E-state index contributed by atoms with van der Waals surface area (Å²) in [5.74, 6) is -2.63. The topological polar surface area (TPSA) is 189 Å². The lowest BCUT2D eigenvalue weighted by atomic mass is 9.74. The molecule has 3 saturated heterocycles. The lowest BCUT2D eigenvalue weighted by Crippen LogP contribution is -2.66. The van der Waals surface area contributed by atoms with E-state index >= 15 is 0 Å². The summed E-state index contributed by atoms with van der Waals surface area (Å²) in [6.45, 7) is 19.8. The Labute approximate surface area is 318 Å². The molecule has 18 atom stereocenters. The van der Waals surface area contributed by atoms with Crippen LogP contribution in [0.4, 0.5) is 0 Å². The third-order valence-electron chi connectivity index (χ3n) is 12.7. The number of likely N-dealkylation sites (N-methyl/N-ethyl adjacent to an activating group) is 1. The second kappa shape index (κ2) is 18.1. The van der Waals surface area contributed by atoms with Crippen molar-refractivity contribution in [2.75, 3.05) is 27.7 Å². The van der Waals surface area contributed by atoms with Crippen molar-refractivity contribution in [1.82, 2.24) is 10.2 Å². The van der Waals surface area contributed by atoms with Gasteiger partial charge in [-0.2, -0.15) is 0 Å². The normalized spacial score (nSPS) is 49.9. The molecule has 0 aromatic heterocycles. The number of esters is 1. The van der Waals surface area contributed by atoms with Gasteiger partial charge in [-0.3, -0.25) is 4.79 Å². The van der Waals surface area contributed by atoms with Crippen LogP contribution in [-0.2, 0) is 33.2 Å². The molecule has 3 heterocycles. The van der Waals surface area contributed by atoms with Gasteiger partial charge in [0.25, 0.3) is 0 Å². The zero-order chi connectivity index (χ0) is 40.4. The number of nitrogens with zero attached hydrogens (tertiary/aromatic N) is 1. The number of aliphatic hydroxyl groups is 5. The molecule has 0 bridgehead atoms. The molecule has 3 aliphatic rings. The van der Waals surface area contributed by atoms with E-state index in [2.05, 4.69) is 5.32 Å². The quantitative estimate of drug-likeness (QED) is 0.198. The largest absolute Gasteiger partial charge is 0.459 e. The first kappa shape index (κ1) is 46.4. The maximum atomic E-state index is 14.2. The van der Waals surface area contributed by atoms with Crippen molar-refractivity contribution >= 4 is 5.97 Å². The molecule has 3 aliphatic heterocycles. The van der Waals surface area contributed by atoms with Gasteiger partial charge in [0.15, 0.2) is 12.6 Å². The molecular formula is C39H74N2O12. The minimum Gasteiger partial charge on any atom is -0.459 e. The molecule has 3 rings (SSSR count). The van der Waals surface area contributed by atoms with Crippen molar-refractivity contribution in [3.63, 3.8) is 0 Å². The highest BCUT2D eigenvalue weighted by atomic mass is 16.7. The highest BCUT2D eigenvalue weighted by Gasteiger charge is 2.57. The standard InChI is InChI=1S/C39H74N2O12/c1-15-28-38(11,46)32(43)25(7)40-20-21(3)18-36(9,45)33(53-35-30(42)27(41(12)13)17-22(4)49-35)23(5)31(24(6)34(44)51-28)52-29-19-37(10,48-14)39(47,16-2)26(8)50-29/h21-33,35,40,42-43,45-47H,15-20H2,1-14H3/t21-,22-,23+,24-,25-,26+,27+,28-,29+,30-,31+,32-,33-,35+,36-,37-,38-,39-/m1/s1. The summed E-state index contributed by atoms with van der Waals surface area (Å²) in [5.41, 5.74) is -5.77. The monoisotopic (exact) mass is 763 g/mol. The molecule has 3 fully saturated rings. The van der Waals surface area contributed by atoms with Crippen LogP contribution < -0.4 is 5.32 Å². The maximum absolute atomic E-state index is 14.2. The number of hydrogen-bond acceptors (Lipinski definition) is 14. The molecule has 6 N–H and O–H groups in total. The van der Waals surface area contributed by atoms with Gasteiger partial charge in [-0.1, -0.05) is 27.7 Å². The number of nitrogens with one attached hydrogen (secondary N) is 1. The second-order valence-electron chi connectivity index (χ2n) is 17.4. The van der Waals surface area contributed by atoms with Gasteiger partial charge in [-0.25, -0.2) is 0 Å². The maximum Gasteiger partial charge on any atom is 0.311 e. The summed E-state index contributed by atoms with van der Waals surface area (Å²) in [6.07, 6.45) is -7.03. The number of aliphatic hydroxyl groups excluding tert-OH is 2. The molecule has 0 radical (unpaired) electrons. The van der Waals surface area contributed by atoms with Gasteiger partial charge >= 0.3 is 5.97 Å². The SMILES string of the molecule is CC[C@H]1OC(=O)[C@H](C)[C@@H](O[C@H]2C[C@@](C)(OC)[C@@](O)(CC)[C@H](C)O2)[C@H](C)[C@@H](O[C@@H]2O[C@H](C)C[C@H](N(C)C)[C@H]2O)[C@](C)(O)C[C@@H](C)CN[C@H](C)[C@@H](O)[C@]1(C)O. The van der Waals surface area contributed by atoms with Crippen LogP contribution in [0.15, 0.2) is 0 Å². The predicted molar refractivity (Wildman–Crippen MR) is 199 cm³/mol. The lowest BCUT2D eigenvalue weighted by molar-refractivity contribution is -0.338. The van der Waals surface area contributed by atoms with E-state index in [-0.39, 0.29) is 37.3 Å². The third kappa shape index (κ3) is 9.93. The Bertz CT molecular complexity index is 1180. The molecule has 0 amide bonds. The van der Waals surface area contributed by atoms with Crippen LogP contribution >= 0.6 is 0 Å². The Kier molecular flexibility index (Phi) is 15.8. The van der Waals surface area contributed by atoms with Crippen LogP contribution in [0, 0.1) is 17.8 Å². The molecule has 0 saturated carbocycles. The fraction of sp³-hybridized carbons (Fsp3) is 0.974. The average molecular weight is 763 g/mol. The van der Waals surface area contributed by atoms with Gasteiger partial charge in [0, 0.05) is 31.5 Å². The zero-order valence-electron chi connectivity index (χ0n) is 34.9. The van der Waals surface area contributed by atoms with E-state index in [1.54, 1.807) is 41.5 Å². The molecule has 14 heteroatoms. The Morgan fingerprint density at radius 2 is 1.57 bits per heavy atom. The molecule has 53 heavy (non-hydrogen) atoms. The summed E-state index contributed by atoms with van der Waals surface area (Å²) in [6, 6.07) is -0.865. The fourth-order valence-corrected chi connectivity index (χ4v) is 9.08. The first-order valence-corrected chi connectivity index (χ1v) is 19.7. The molecule has 312 valence electrons. The Hall–Kier alpha value is -1.01. The van der Waals surface area contributed by atoms with Gasteiger partial charge in [-0.05, 0) is 101 Å². The summed E-state index contributed by atoms with van der Waals surface area (Å²) in [4.78, 5) is 16.2. The van der Waals surface area contributed by atoms with E-state index in [4.69, 9.17) is 28.4 Å². The van der Waals surface area contributed by atoms with Crippen molar-refractivity contribution < 1.29 is 58.7 Å². The molecule has 0 aromatic carbocycles. The summed E-state index contributed by atoms with van der Waals surface area (Å²) in [5, 5.41) is 61.9. The number of carbonyl (C=O) groups is 1. The van der Waals surface area contributed by atoms with E-state index < -0.39 is 95.5 Å². The first-order valence-electron chi connectivity index (χ1n) is 19.7. The minimum absolute atomic E-state index is 0.122. The number of cyclic esters (lactones) is 1. The second-order valence-corrected chi connectivity index (χ2v) is 17.4. The van der Waals surface area contributed by atoms with E-state index in [9.17, 15) is 30.3 Å². The van der Waals surface area contributed by atoms with Gasteiger partial charge in [0.1, 0.15) is 35.1 Å². The molecule has 14 nitrogen and oxygen atoms in total. The van der Waals surface area contributed by atoms with Gasteiger partial charge in [-0.15, -0.1) is 0 Å². The number of ether oxygens (including phenoxy) is 6. The van der Waals surface area contributed by atoms with Crippen LogP contribution in [-0.4, -0.2) is 154 Å². The van der Waals surface area contributed by atoms with Gasteiger partial charge < -0.3 is 64.2 Å². The van der Waals surface area contributed by atoms with E-state index in [0.717, 1.165) is 0 Å². The predicted octanol–water partition coefficient (Wildman–Crippen LogP) is 2.34. The highest BCUT2D eigenvalue weighted by Crippen LogP contribution is 2.44. The van der Waals surface area contributed by atoms with E-state index in [1.165, 1.54) is 14.0 Å². The number of carbonyl (C=O) groups excluding carboxylic acids is 1. The Balaban J connectivity index is 2.17. The van der Waals surface area contributed by atoms with Crippen LogP contribution in [0.25, 0.3) is 0 Å². The van der Waals surface area contributed by atoms with Crippen molar-refractivity contribution in [3.05, 3.63) is 0 Å². The van der Waals surface area contributed by atoms with Crippen LogP contribution in [0.2, 0.25) is 0 Å². The van der Waals surface area contributed by atoms with Crippen LogP contribution in [0.3, 0.4) is 0 Å². The van der Waals surface area contributed by atoms with Gasteiger partial charge in [0.2, 0.25) is 0 Å². The molecule has 0 spiro atoms. The summed E-state index contributed by atoms with van der Waals surface area (Å²) in [7, 11) is 5.30. The van der Waals surface area contributed by atoms with Crippen LogP contribution in [0.5, 0.6) is 0 Å². The molecule has 0 aliphatic carbocycles. The fourth-order valence-electron chi connectivity index (χ4n) is 9.08. The van der Waals surface area contributed by atoms with E-state index in [1.807, 2.05) is 46.7 Å². The molecular weight excluding hydrogens is 688 g/mol. The third-order valence-corrected chi connectivity index (χ3v) is 12.7. The molecule has 0 aromatic rings. The number of hydrogen-bond donors (Lipinski definition) is 6. The number of methoxy groups -OCH3 is 1. The number of rotatable bonds is 8. The molecule has 0 unspecified atom stereocenters. The Morgan fingerprint density at radius 3 is 2.11 bits per heavy atom. The van der Waals surface area contributed by atoms with Crippen molar-refractivity contribution in [3.8, 4) is 0 Å². The first-order chi connectivity index (χ1) is 24.4. The Morgan fingerprint density at radius 1 is 0.943 bits per heavy atom. The zero-order valence-corrected chi connectivity index (χ0v) is 34.9. The van der Waals surface area contributed by atoms with E-state index in [0.29, 0.717) is 19.4 Å². The summed E-state index contributed by atoms with van der Waals surface area (Å²) < 4.78 is 38.0. The van der Waals surface area contributed by atoms with Gasteiger partial charge in [0.05, 0.1) is 35.9 Å². The van der Waals surface area contributed by atoms with Crippen molar-refractivity contribution in [2.24, 2.45) is 17.8 Å². The lowest BCUT2D eigenvalue weighted by Gasteiger charge is -2.53.